The van der Waals surface area contributed by atoms with E-state index >= 15 is 0 Å². The van der Waals surface area contributed by atoms with Gasteiger partial charge in [0.25, 0.3) is 0 Å². The Morgan fingerprint density at radius 3 is 2.35 bits per heavy atom. The van der Waals surface area contributed by atoms with E-state index in [1.807, 2.05) is 44.2 Å². The molecule has 0 radical (unpaired) electrons. The largest absolute Gasteiger partial charge is 0.481 e. The van der Waals surface area contributed by atoms with Crippen molar-refractivity contribution in [3.63, 3.8) is 0 Å². The van der Waals surface area contributed by atoms with Crippen molar-refractivity contribution in [1.82, 2.24) is 5.32 Å². The van der Waals surface area contributed by atoms with E-state index in [1.165, 1.54) is 0 Å². The van der Waals surface area contributed by atoms with Crippen molar-refractivity contribution < 1.29 is 24.2 Å². The molecule has 0 heterocycles. The number of carboxylic acid groups (broad SMARTS) is 1. The summed E-state index contributed by atoms with van der Waals surface area (Å²) in [6.45, 7) is 3.97. The minimum Gasteiger partial charge on any atom is -0.481 e. The first-order chi connectivity index (χ1) is 10.9. The summed E-state index contributed by atoms with van der Waals surface area (Å²) < 4.78 is 5.10. The fraction of sp³-hybridized carbons (Fsp3) is 0.471. The van der Waals surface area contributed by atoms with Crippen LogP contribution in [0, 0.1) is 5.92 Å². The lowest BCUT2D eigenvalue weighted by molar-refractivity contribution is -0.138. The van der Waals surface area contributed by atoms with Gasteiger partial charge in [0.05, 0.1) is 12.5 Å². The average Bonchev–Trinajstić information content (AvgIpc) is 2.50. The molecule has 1 aromatic carbocycles. The maximum atomic E-state index is 12.1. The highest BCUT2D eigenvalue weighted by Gasteiger charge is 2.22. The maximum Gasteiger partial charge on any atom is 0.408 e. The third-order valence-electron chi connectivity index (χ3n) is 3.19. The van der Waals surface area contributed by atoms with Gasteiger partial charge in [0.15, 0.2) is 5.78 Å². The van der Waals surface area contributed by atoms with Crippen molar-refractivity contribution >= 4 is 17.8 Å². The number of amides is 1. The van der Waals surface area contributed by atoms with Gasteiger partial charge in [-0.2, -0.15) is 0 Å². The topological polar surface area (TPSA) is 92.7 Å². The van der Waals surface area contributed by atoms with Crippen molar-refractivity contribution in [2.24, 2.45) is 5.92 Å². The molecule has 0 spiro atoms. The summed E-state index contributed by atoms with van der Waals surface area (Å²) in [7, 11) is 0. The maximum absolute atomic E-state index is 12.1. The summed E-state index contributed by atoms with van der Waals surface area (Å²) >= 11 is 0. The highest BCUT2D eigenvalue weighted by Crippen LogP contribution is 2.09. The lowest BCUT2D eigenvalue weighted by Gasteiger charge is -2.19. The van der Waals surface area contributed by atoms with Gasteiger partial charge in [-0.1, -0.05) is 44.2 Å². The van der Waals surface area contributed by atoms with Crippen LogP contribution in [-0.4, -0.2) is 29.0 Å². The van der Waals surface area contributed by atoms with Crippen LogP contribution in [0.25, 0.3) is 0 Å². The third kappa shape index (κ3) is 7.99. The standard InChI is InChI=1S/C17H23NO5/c1-12(2)10-14(15(19)8-9-16(20)21)18-17(22)23-11-13-6-4-3-5-7-13/h3-7,12,14H,8-11H2,1-2H3,(H,18,22)(H,20,21)/t14-/m1/s1. The molecule has 0 aliphatic rings. The molecule has 0 unspecified atom stereocenters. The number of carboxylic acids is 1. The van der Waals surface area contributed by atoms with Gasteiger partial charge in [0, 0.05) is 6.42 Å². The van der Waals surface area contributed by atoms with Crippen molar-refractivity contribution in [3.8, 4) is 0 Å². The molecule has 23 heavy (non-hydrogen) atoms. The van der Waals surface area contributed by atoms with E-state index in [9.17, 15) is 14.4 Å². The Morgan fingerprint density at radius 1 is 1.13 bits per heavy atom. The molecule has 6 heteroatoms. The lowest BCUT2D eigenvalue weighted by atomic mass is 9.98. The van der Waals surface area contributed by atoms with Crippen molar-refractivity contribution in [2.45, 2.75) is 45.8 Å². The first kappa shape index (κ1) is 18.7. The molecule has 1 atom stereocenters. The van der Waals surface area contributed by atoms with E-state index in [2.05, 4.69) is 5.32 Å². The summed E-state index contributed by atoms with van der Waals surface area (Å²) in [5.74, 6) is -1.14. The fourth-order valence-electron chi connectivity index (χ4n) is 2.05. The number of nitrogens with one attached hydrogen (secondary N) is 1. The zero-order chi connectivity index (χ0) is 17.2. The molecule has 6 nitrogen and oxygen atoms in total. The SMILES string of the molecule is CC(C)C[C@@H](NC(=O)OCc1ccccc1)C(=O)CCC(=O)O. The zero-order valence-corrected chi connectivity index (χ0v) is 13.5. The smallest absolute Gasteiger partial charge is 0.408 e. The predicted molar refractivity (Wildman–Crippen MR) is 84.9 cm³/mol. The second-order valence-corrected chi connectivity index (χ2v) is 5.75. The van der Waals surface area contributed by atoms with Gasteiger partial charge in [-0.3, -0.25) is 9.59 Å². The highest BCUT2D eigenvalue weighted by molar-refractivity contribution is 5.89. The Morgan fingerprint density at radius 2 is 1.78 bits per heavy atom. The molecule has 1 amide bonds. The molecule has 1 rings (SSSR count). The Labute approximate surface area is 135 Å². The molecule has 0 aliphatic carbocycles. The molecule has 0 saturated heterocycles. The van der Waals surface area contributed by atoms with Gasteiger partial charge in [0.1, 0.15) is 6.61 Å². The number of ketones is 1. The van der Waals surface area contributed by atoms with Gasteiger partial charge in [-0.25, -0.2) is 4.79 Å². The van der Waals surface area contributed by atoms with Crippen molar-refractivity contribution in [3.05, 3.63) is 35.9 Å². The van der Waals surface area contributed by atoms with Crippen molar-refractivity contribution in [2.75, 3.05) is 0 Å². The van der Waals surface area contributed by atoms with Gasteiger partial charge in [0.2, 0.25) is 0 Å². The molecule has 0 saturated carbocycles. The average molecular weight is 321 g/mol. The Hall–Kier alpha value is -2.37. The Kier molecular flexibility index (Phi) is 7.80. The highest BCUT2D eigenvalue weighted by atomic mass is 16.5. The zero-order valence-electron chi connectivity index (χ0n) is 13.5. The Bertz CT molecular complexity index is 527. The summed E-state index contributed by atoms with van der Waals surface area (Å²) in [5.41, 5.74) is 0.847. The van der Waals surface area contributed by atoms with Crippen LogP contribution >= 0.6 is 0 Å². The number of alkyl carbamates (subject to hydrolysis) is 1. The lowest BCUT2D eigenvalue weighted by Crippen LogP contribution is -2.42. The van der Waals surface area contributed by atoms with E-state index in [1.54, 1.807) is 0 Å². The normalized spacial score (nSPS) is 11.8. The van der Waals surface area contributed by atoms with Crippen LogP contribution < -0.4 is 5.32 Å². The number of carbonyl (C=O) groups excluding carboxylic acids is 2. The minimum absolute atomic E-state index is 0.105. The summed E-state index contributed by atoms with van der Waals surface area (Å²) in [6, 6.07) is 8.48. The number of ether oxygens (including phenoxy) is 1. The van der Waals surface area contributed by atoms with Crippen LogP contribution in [0.4, 0.5) is 4.79 Å². The van der Waals surface area contributed by atoms with E-state index in [0.717, 1.165) is 5.56 Å². The first-order valence-electron chi connectivity index (χ1n) is 7.60. The molecule has 1 aromatic rings. The summed E-state index contributed by atoms with van der Waals surface area (Å²) in [5, 5.41) is 11.2. The number of hydrogen-bond acceptors (Lipinski definition) is 4. The molecule has 0 bridgehead atoms. The predicted octanol–water partition coefficient (Wildman–Crippen LogP) is 2.76. The van der Waals surface area contributed by atoms with Crippen LogP contribution in [0.1, 0.15) is 38.7 Å². The quantitative estimate of drug-likeness (QED) is 0.729. The molecule has 126 valence electrons. The van der Waals surface area contributed by atoms with E-state index in [4.69, 9.17) is 9.84 Å². The van der Waals surface area contributed by atoms with E-state index < -0.39 is 18.1 Å². The molecular weight excluding hydrogens is 298 g/mol. The molecule has 2 N–H and O–H groups in total. The van der Waals surface area contributed by atoms with Crippen LogP contribution in [0.5, 0.6) is 0 Å². The minimum atomic E-state index is -1.03. The second kappa shape index (κ2) is 9.61. The third-order valence-corrected chi connectivity index (χ3v) is 3.19. The van der Waals surface area contributed by atoms with E-state index in [-0.39, 0.29) is 31.1 Å². The number of Topliss-reactive ketones (excluding diaryl/α,β-unsaturated/α-hetero) is 1. The van der Waals surface area contributed by atoms with Crippen LogP contribution in [-0.2, 0) is 20.9 Å². The van der Waals surface area contributed by atoms with Gasteiger partial charge < -0.3 is 15.2 Å². The van der Waals surface area contributed by atoms with Crippen LogP contribution in [0.3, 0.4) is 0 Å². The number of carbonyl (C=O) groups is 3. The first-order valence-corrected chi connectivity index (χ1v) is 7.60. The summed E-state index contributed by atoms with van der Waals surface area (Å²) in [6.07, 6.45) is -0.582. The van der Waals surface area contributed by atoms with Gasteiger partial charge in [-0.05, 0) is 17.9 Å². The number of aliphatic carboxylic acids is 1. The fourth-order valence-corrected chi connectivity index (χ4v) is 2.05. The molecule has 0 fully saturated rings. The number of rotatable bonds is 9. The van der Waals surface area contributed by atoms with Gasteiger partial charge >= 0.3 is 12.1 Å². The summed E-state index contributed by atoms with van der Waals surface area (Å²) in [4.78, 5) is 34.5. The number of hydrogen-bond donors (Lipinski definition) is 2. The van der Waals surface area contributed by atoms with Crippen molar-refractivity contribution in [1.29, 1.82) is 0 Å². The monoisotopic (exact) mass is 321 g/mol. The van der Waals surface area contributed by atoms with Crippen LogP contribution in [0.2, 0.25) is 0 Å². The Balaban J connectivity index is 2.52. The van der Waals surface area contributed by atoms with E-state index in [0.29, 0.717) is 6.42 Å². The molecule has 0 aromatic heterocycles. The number of benzene rings is 1. The van der Waals surface area contributed by atoms with Crippen LogP contribution in [0.15, 0.2) is 30.3 Å². The molecular formula is C17H23NO5. The molecule has 0 aliphatic heterocycles. The second-order valence-electron chi connectivity index (χ2n) is 5.75. The van der Waals surface area contributed by atoms with Gasteiger partial charge in [-0.15, -0.1) is 0 Å².